The first-order chi connectivity index (χ1) is 12.2. The fourth-order valence-corrected chi connectivity index (χ4v) is 2.73. The van der Waals surface area contributed by atoms with Gasteiger partial charge in [0.15, 0.2) is 5.82 Å². The fourth-order valence-electron chi connectivity index (χ4n) is 2.73. The van der Waals surface area contributed by atoms with Gasteiger partial charge in [0.25, 0.3) is 0 Å². The van der Waals surface area contributed by atoms with Crippen molar-refractivity contribution in [2.24, 2.45) is 0 Å². The molecule has 0 unspecified atom stereocenters. The summed E-state index contributed by atoms with van der Waals surface area (Å²) in [5.41, 5.74) is 6.86. The van der Waals surface area contributed by atoms with Crippen LogP contribution in [0.1, 0.15) is 20.8 Å². The van der Waals surface area contributed by atoms with E-state index < -0.39 is 11.7 Å². The molecule has 0 saturated heterocycles. The number of hydrogen-bond acceptors (Lipinski definition) is 6. The van der Waals surface area contributed by atoms with E-state index in [1.54, 1.807) is 25.5 Å². The number of ether oxygens (including phenoxy) is 1. The van der Waals surface area contributed by atoms with Gasteiger partial charge in [0.2, 0.25) is 0 Å². The first kappa shape index (κ1) is 17.9. The number of aliphatic hydroxyl groups is 1. The van der Waals surface area contributed by atoms with E-state index in [1.165, 1.54) is 4.90 Å². The largest absolute Gasteiger partial charge is 0.417 e. The Morgan fingerprint density at radius 1 is 1.35 bits per heavy atom. The molecule has 0 fully saturated rings. The monoisotopic (exact) mass is 357 g/mol. The van der Waals surface area contributed by atoms with Crippen LogP contribution in [-0.4, -0.2) is 49.8 Å². The van der Waals surface area contributed by atoms with Crippen LogP contribution in [0.15, 0.2) is 24.3 Å². The van der Waals surface area contributed by atoms with Crippen LogP contribution in [0.25, 0.3) is 21.9 Å². The highest BCUT2D eigenvalue weighted by molar-refractivity contribution is 6.06. The number of carbonyl (C=O) groups excluding carboxylic acids is 1. The Morgan fingerprint density at radius 2 is 2.04 bits per heavy atom. The van der Waals surface area contributed by atoms with Gasteiger partial charge in [-0.25, -0.2) is 9.78 Å². The van der Waals surface area contributed by atoms with Crippen molar-refractivity contribution in [3.63, 3.8) is 0 Å². The summed E-state index contributed by atoms with van der Waals surface area (Å²) in [5.74, 6) is 0.245. The lowest BCUT2D eigenvalue weighted by Gasteiger charge is -2.21. The number of anilines is 1. The number of nitrogens with zero attached hydrogens (tertiary/aromatic N) is 4. The molecule has 3 N–H and O–H groups in total. The molecule has 1 aromatic carbocycles. The smallest absolute Gasteiger partial charge is 0.389 e. The molecular weight excluding hydrogens is 334 g/mol. The number of nitrogens with two attached hydrogens (primary N) is 1. The van der Waals surface area contributed by atoms with Gasteiger partial charge in [-0.1, -0.05) is 18.2 Å². The number of carbonyl (C=O) groups is 1. The summed E-state index contributed by atoms with van der Waals surface area (Å²) in [6.45, 7) is 5.87. The number of amides is 1. The lowest BCUT2D eigenvalue weighted by atomic mass is 10.1. The Kier molecular flexibility index (Phi) is 4.45. The second-order valence-corrected chi connectivity index (χ2v) is 6.89. The SMILES string of the molecule is CCN(C)C(=O)Oc1nc2c(N)nc3ccccc3c2n1CC(C)(C)O. The van der Waals surface area contributed by atoms with Crippen LogP contribution in [0.3, 0.4) is 0 Å². The van der Waals surface area contributed by atoms with Crippen LogP contribution in [0.2, 0.25) is 0 Å². The van der Waals surface area contributed by atoms with Crippen molar-refractivity contribution < 1.29 is 14.6 Å². The van der Waals surface area contributed by atoms with Gasteiger partial charge in [-0.2, -0.15) is 4.98 Å². The molecule has 2 heterocycles. The summed E-state index contributed by atoms with van der Waals surface area (Å²) in [4.78, 5) is 22.4. The van der Waals surface area contributed by atoms with E-state index in [4.69, 9.17) is 10.5 Å². The third kappa shape index (κ3) is 3.28. The maximum absolute atomic E-state index is 12.2. The zero-order chi connectivity index (χ0) is 19.1. The predicted molar refractivity (Wildman–Crippen MR) is 100 cm³/mol. The van der Waals surface area contributed by atoms with Gasteiger partial charge < -0.3 is 20.5 Å². The Hall–Kier alpha value is -2.87. The molecule has 138 valence electrons. The second kappa shape index (κ2) is 6.45. The summed E-state index contributed by atoms with van der Waals surface area (Å²) in [7, 11) is 1.64. The molecule has 26 heavy (non-hydrogen) atoms. The molecule has 2 aromatic heterocycles. The molecule has 0 atom stereocenters. The van der Waals surface area contributed by atoms with E-state index in [1.807, 2.05) is 31.2 Å². The quantitative estimate of drug-likeness (QED) is 0.742. The zero-order valence-electron chi connectivity index (χ0n) is 15.4. The fraction of sp³-hybridized carbons (Fsp3) is 0.389. The number of imidazole rings is 1. The molecule has 8 heteroatoms. The number of para-hydroxylation sites is 1. The number of rotatable bonds is 4. The van der Waals surface area contributed by atoms with E-state index in [9.17, 15) is 9.90 Å². The molecule has 0 saturated carbocycles. The van der Waals surface area contributed by atoms with Crippen molar-refractivity contribution in [3.05, 3.63) is 24.3 Å². The summed E-state index contributed by atoms with van der Waals surface area (Å²) in [6, 6.07) is 7.59. The summed E-state index contributed by atoms with van der Waals surface area (Å²) >= 11 is 0. The van der Waals surface area contributed by atoms with Gasteiger partial charge in [0, 0.05) is 19.0 Å². The van der Waals surface area contributed by atoms with Crippen LogP contribution in [0.4, 0.5) is 10.6 Å². The average molecular weight is 357 g/mol. The lowest BCUT2D eigenvalue weighted by molar-refractivity contribution is 0.0596. The Labute approximate surface area is 151 Å². The van der Waals surface area contributed by atoms with Crippen LogP contribution in [0, 0.1) is 0 Å². The highest BCUT2D eigenvalue weighted by Crippen LogP contribution is 2.32. The third-order valence-corrected chi connectivity index (χ3v) is 4.08. The molecule has 0 bridgehead atoms. The Balaban J connectivity index is 2.27. The number of benzene rings is 1. The molecule has 1 amide bonds. The van der Waals surface area contributed by atoms with E-state index >= 15 is 0 Å². The van der Waals surface area contributed by atoms with Crippen LogP contribution >= 0.6 is 0 Å². The van der Waals surface area contributed by atoms with Gasteiger partial charge in [0.05, 0.1) is 23.2 Å². The average Bonchev–Trinajstić information content (AvgIpc) is 2.91. The first-order valence-corrected chi connectivity index (χ1v) is 8.41. The predicted octanol–water partition coefficient (Wildman–Crippen LogP) is 2.39. The van der Waals surface area contributed by atoms with Gasteiger partial charge in [-0.15, -0.1) is 0 Å². The standard InChI is InChI=1S/C18H23N5O3/c1-5-22(4)17(24)26-16-21-13-14(23(16)10-18(2,3)25)11-8-6-7-9-12(11)20-15(13)19/h6-9,25H,5,10H2,1-4H3,(H2,19,20). The van der Waals surface area contributed by atoms with Crippen molar-refractivity contribution in [1.82, 2.24) is 19.4 Å². The number of hydrogen-bond donors (Lipinski definition) is 2. The van der Waals surface area contributed by atoms with Crippen LogP contribution < -0.4 is 10.5 Å². The normalized spacial score (nSPS) is 11.9. The molecule has 0 radical (unpaired) electrons. The van der Waals surface area contributed by atoms with E-state index in [0.29, 0.717) is 23.1 Å². The number of fused-ring (bicyclic) bond motifs is 3. The lowest BCUT2D eigenvalue weighted by Crippen LogP contribution is -2.31. The van der Waals surface area contributed by atoms with Crippen molar-refractivity contribution in [2.45, 2.75) is 32.9 Å². The topological polar surface area (TPSA) is 107 Å². The van der Waals surface area contributed by atoms with Crippen LogP contribution in [0.5, 0.6) is 6.01 Å². The van der Waals surface area contributed by atoms with Crippen molar-refractivity contribution in [3.8, 4) is 6.01 Å². The second-order valence-electron chi connectivity index (χ2n) is 6.89. The summed E-state index contributed by atoms with van der Waals surface area (Å²) < 4.78 is 7.16. The van der Waals surface area contributed by atoms with Crippen LogP contribution in [-0.2, 0) is 6.54 Å². The molecule has 8 nitrogen and oxygen atoms in total. The highest BCUT2D eigenvalue weighted by atomic mass is 16.6. The summed E-state index contributed by atoms with van der Waals surface area (Å²) in [5, 5.41) is 11.2. The molecule has 0 aliphatic rings. The molecule has 0 spiro atoms. The van der Waals surface area contributed by atoms with E-state index in [2.05, 4.69) is 9.97 Å². The number of aromatic nitrogens is 3. The molecule has 3 aromatic rings. The first-order valence-electron chi connectivity index (χ1n) is 8.41. The molecule has 0 aliphatic carbocycles. The molecular formula is C18H23N5O3. The van der Waals surface area contributed by atoms with Crippen molar-refractivity contribution >= 4 is 33.8 Å². The Bertz CT molecular complexity index is 974. The van der Waals surface area contributed by atoms with Gasteiger partial charge >= 0.3 is 12.1 Å². The Morgan fingerprint density at radius 3 is 2.69 bits per heavy atom. The zero-order valence-corrected chi connectivity index (χ0v) is 15.4. The molecule has 3 rings (SSSR count). The third-order valence-electron chi connectivity index (χ3n) is 4.08. The van der Waals surface area contributed by atoms with Crippen molar-refractivity contribution in [1.29, 1.82) is 0 Å². The van der Waals surface area contributed by atoms with E-state index in [0.717, 1.165) is 5.39 Å². The van der Waals surface area contributed by atoms with E-state index in [-0.39, 0.29) is 18.4 Å². The van der Waals surface area contributed by atoms with Crippen molar-refractivity contribution in [2.75, 3.05) is 19.3 Å². The summed E-state index contributed by atoms with van der Waals surface area (Å²) in [6.07, 6.45) is -0.532. The minimum Gasteiger partial charge on any atom is -0.389 e. The maximum Gasteiger partial charge on any atom is 0.417 e. The minimum atomic E-state index is -1.05. The number of pyridine rings is 1. The highest BCUT2D eigenvalue weighted by Gasteiger charge is 2.25. The van der Waals surface area contributed by atoms with Gasteiger partial charge in [-0.05, 0) is 26.8 Å². The maximum atomic E-state index is 12.2. The number of nitrogen functional groups attached to an aromatic ring is 1. The van der Waals surface area contributed by atoms with Gasteiger partial charge in [0.1, 0.15) is 5.52 Å². The van der Waals surface area contributed by atoms with Gasteiger partial charge in [-0.3, -0.25) is 4.57 Å². The minimum absolute atomic E-state index is 0.0808. The molecule has 0 aliphatic heterocycles.